The standard InChI is InChI=1S/C25H24F3N3O4/c1-14(2)34-21-8-7-20(31-23(21)18-11-19(18)24(32)33)16-6-9-22(30-13-16)29-12-15-4-3-5-17(10-15)35-25(26,27)28/h3-10,13-14,18-19H,11-12H2,1-2H3,(H,29,30)(H,32,33)/t18-,19-/m1/s1. The SMILES string of the molecule is CC(C)Oc1ccc(-c2ccc(NCc3cccc(OC(F)(F)F)c3)nc2)nc1[C@@H]1C[C@H]1C(=O)O. The summed E-state index contributed by atoms with van der Waals surface area (Å²) in [4.78, 5) is 20.4. The van der Waals surface area contributed by atoms with E-state index in [-0.39, 0.29) is 24.3 Å². The molecule has 2 N–H and O–H groups in total. The van der Waals surface area contributed by atoms with E-state index in [1.54, 1.807) is 30.5 Å². The van der Waals surface area contributed by atoms with Crippen molar-refractivity contribution < 1.29 is 32.5 Å². The van der Waals surface area contributed by atoms with Gasteiger partial charge in [-0.15, -0.1) is 13.2 Å². The third-order valence-corrected chi connectivity index (χ3v) is 5.37. The predicted molar refractivity (Wildman–Crippen MR) is 122 cm³/mol. The monoisotopic (exact) mass is 487 g/mol. The van der Waals surface area contributed by atoms with Gasteiger partial charge < -0.3 is 19.9 Å². The highest BCUT2D eigenvalue weighted by Crippen LogP contribution is 2.50. The number of carbonyl (C=O) groups is 1. The van der Waals surface area contributed by atoms with Gasteiger partial charge in [0.15, 0.2) is 0 Å². The van der Waals surface area contributed by atoms with Crippen LogP contribution in [0.25, 0.3) is 11.3 Å². The Balaban J connectivity index is 1.46. The van der Waals surface area contributed by atoms with Crippen LogP contribution in [-0.4, -0.2) is 33.5 Å². The van der Waals surface area contributed by atoms with Gasteiger partial charge in [-0.2, -0.15) is 0 Å². The Morgan fingerprint density at radius 2 is 2.00 bits per heavy atom. The maximum atomic E-state index is 12.4. The van der Waals surface area contributed by atoms with Gasteiger partial charge in [-0.25, -0.2) is 9.97 Å². The molecule has 1 aliphatic rings. The number of hydrogen-bond donors (Lipinski definition) is 2. The fraction of sp³-hybridized carbons (Fsp3) is 0.320. The lowest BCUT2D eigenvalue weighted by Crippen LogP contribution is -2.17. The summed E-state index contributed by atoms with van der Waals surface area (Å²) in [5, 5.41) is 12.4. The number of nitrogens with one attached hydrogen (secondary N) is 1. The predicted octanol–water partition coefficient (Wildman–Crippen LogP) is 5.63. The van der Waals surface area contributed by atoms with Gasteiger partial charge in [0.1, 0.15) is 17.3 Å². The molecule has 2 aromatic heterocycles. The first kappa shape index (κ1) is 24.3. The first-order valence-corrected chi connectivity index (χ1v) is 11.0. The Kier molecular flexibility index (Phi) is 6.81. The summed E-state index contributed by atoms with van der Waals surface area (Å²) < 4.78 is 47.0. The summed E-state index contributed by atoms with van der Waals surface area (Å²) in [7, 11) is 0. The van der Waals surface area contributed by atoms with Crippen LogP contribution < -0.4 is 14.8 Å². The maximum absolute atomic E-state index is 12.4. The van der Waals surface area contributed by atoms with Gasteiger partial charge in [-0.3, -0.25) is 4.79 Å². The van der Waals surface area contributed by atoms with Gasteiger partial charge in [0.05, 0.1) is 23.4 Å². The van der Waals surface area contributed by atoms with E-state index in [2.05, 4.69) is 15.0 Å². The number of pyridine rings is 2. The highest BCUT2D eigenvalue weighted by Gasteiger charge is 2.47. The Labute approximate surface area is 199 Å². The minimum atomic E-state index is -4.75. The van der Waals surface area contributed by atoms with Gasteiger partial charge in [0.2, 0.25) is 0 Å². The number of halogens is 3. The van der Waals surface area contributed by atoms with Crippen LogP contribution in [0.5, 0.6) is 11.5 Å². The molecule has 35 heavy (non-hydrogen) atoms. The number of carboxylic acids is 1. The average Bonchev–Trinajstić information content (AvgIpc) is 3.58. The number of anilines is 1. The molecule has 184 valence electrons. The highest BCUT2D eigenvalue weighted by atomic mass is 19.4. The fourth-order valence-electron chi connectivity index (χ4n) is 3.71. The van der Waals surface area contributed by atoms with Gasteiger partial charge in [-0.1, -0.05) is 12.1 Å². The number of aliphatic carboxylic acids is 1. The Hall–Kier alpha value is -3.82. The van der Waals surface area contributed by atoms with Crippen molar-refractivity contribution in [2.24, 2.45) is 5.92 Å². The van der Waals surface area contributed by atoms with Crippen LogP contribution >= 0.6 is 0 Å². The van der Waals surface area contributed by atoms with Gasteiger partial charge in [0.25, 0.3) is 0 Å². The lowest BCUT2D eigenvalue weighted by molar-refractivity contribution is -0.274. The number of rotatable bonds is 9. The first-order chi connectivity index (χ1) is 16.6. The third-order valence-electron chi connectivity index (χ3n) is 5.37. The molecule has 0 aliphatic heterocycles. The molecule has 1 aliphatic carbocycles. The number of nitrogens with zero attached hydrogens (tertiary/aromatic N) is 2. The summed E-state index contributed by atoms with van der Waals surface area (Å²) >= 11 is 0. The molecule has 4 rings (SSSR count). The minimum absolute atomic E-state index is 0.0730. The zero-order valence-corrected chi connectivity index (χ0v) is 19.0. The zero-order valence-electron chi connectivity index (χ0n) is 19.0. The Morgan fingerprint density at radius 3 is 2.63 bits per heavy atom. The largest absolute Gasteiger partial charge is 0.573 e. The van der Waals surface area contributed by atoms with Crippen LogP contribution in [0.2, 0.25) is 0 Å². The van der Waals surface area contributed by atoms with Crippen LogP contribution in [0.4, 0.5) is 19.0 Å². The maximum Gasteiger partial charge on any atom is 0.573 e. The van der Waals surface area contributed by atoms with E-state index < -0.39 is 18.2 Å². The number of carboxylic acid groups (broad SMARTS) is 1. The van der Waals surface area contributed by atoms with Crippen molar-refractivity contribution in [3.8, 4) is 22.8 Å². The Morgan fingerprint density at radius 1 is 1.20 bits per heavy atom. The smallest absolute Gasteiger partial charge is 0.489 e. The number of benzene rings is 1. The highest BCUT2D eigenvalue weighted by molar-refractivity contribution is 5.75. The van der Waals surface area contributed by atoms with Crippen LogP contribution in [0.15, 0.2) is 54.7 Å². The second kappa shape index (κ2) is 9.81. The Bertz CT molecular complexity index is 1200. The molecule has 0 amide bonds. The van der Waals surface area contributed by atoms with Crippen molar-refractivity contribution in [2.45, 2.75) is 45.2 Å². The minimum Gasteiger partial charge on any atom is -0.489 e. The summed E-state index contributed by atoms with van der Waals surface area (Å²) in [6.45, 7) is 4.05. The molecule has 0 radical (unpaired) electrons. The molecule has 0 saturated heterocycles. The lowest BCUT2D eigenvalue weighted by Gasteiger charge is -2.15. The molecule has 10 heteroatoms. The van der Waals surface area contributed by atoms with E-state index in [1.807, 2.05) is 19.9 Å². The van der Waals surface area contributed by atoms with Crippen molar-refractivity contribution >= 4 is 11.8 Å². The van der Waals surface area contributed by atoms with Gasteiger partial charge in [0, 0.05) is 24.2 Å². The molecule has 0 bridgehead atoms. The molecule has 1 fully saturated rings. The van der Waals surface area contributed by atoms with Crippen LogP contribution in [0.3, 0.4) is 0 Å². The number of hydrogen-bond acceptors (Lipinski definition) is 6. The zero-order chi connectivity index (χ0) is 25.2. The molecule has 3 aromatic rings. The average molecular weight is 487 g/mol. The van der Waals surface area contributed by atoms with Crippen LogP contribution in [0.1, 0.15) is 37.4 Å². The number of ether oxygens (including phenoxy) is 2. The molecule has 0 spiro atoms. The normalized spacial score (nSPS) is 17.2. The van der Waals surface area contributed by atoms with E-state index in [9.17, 15) is 23.1 Å². The quantitative estimate of drug-likeness (QED) is 0.404. The van der Waals surface area contributed by atoms with E-state index in [0.29, 0.717) is 34.9 Å². The first-order valence-electron chi connectivity index (χ1n) is 11.0. The van der Waals surface area contributed by atoms with Crippen LogP contribution in [0, 0.1) is 5.92 Å². The lowest BCUT2D eigenvalue weighted by atomic mass is 10.1. The molecular weight excluding hydrogens is 463 g/mol. The van der Waals surface area contributed by atoms with Gasteiger partial charge in [-0.05, 0) is 62.2 Å². The molecular formula is C25H24F3N3O4. The topological polar surface area (TPSA) is 93.6 Å². The third kappa shape index (κ3) is 6.40. The van der Waals surface area contributed by atoms with E-state index in [0.717, 1.165) is 5.56 Å². The molecule has 2 heterocycles. The van der Waals surface area contributed by atoms with Gasteiger partial charge >= 0.3 is 12.3 Å². The molecule has 1 saturated carbocycles. The van der Waals surface area contributed by atoms with Crippen molar-refractivity contribution in [3.63, 3.8) is 0 Å². The van der Waals surface area contributed by atoms with E-state index in [1.165, 1.54) is 18.2 Å². The fourth-order valence-corrected chi connectivity index (χ4v) is 3.71. The molecule has 0 unspecified atom stereocenters. The van der Waals surface area contributed by atoms with Crippen molar-refractivity contribution in [1.82, 2.24) is 9.97 Å². The molecule has 2 atom stereocenters. The number of aromatic nitrogens is 2. The second-order valence-corrected chi connectivity index (χ2v) is 8.51. The second-order valence-electron chi connectivity index (χ2n) is 8.51. The van der Waals surface area contributed by atoms with Crippen molar-refractivity contribution in [1.29, 1.82) is 0 Å². The summed E-state index contributed by atoms with van der Waals surface area (Å²) in [6, 6.07) is 12.9. The van der Waals surface area contributed by atoms with Crippen LogP contribution in [-0.2, 0) is 11.3 Å². The molecule has 7 nitrogen and oxygen atoms in total. The van der Waals surface area contributed by atoms with E-state index >= 15 is 0 Å². The summed E-state index contributed by atoms with van der Waals surface area (Å²) in [6.07, 6.45) is -2.67. The summed E-state index contributed by atoms with van der Waals surface area (Å²) in [5.41, 5.74) is 2.61. The summed E-state index contributed by atoms with van der Waals surface area (Å²) in [5.74, 6) is -0.661. The van der Waals surface area contributed by atoms with Crippen molar-refractivity contribution in [2.75, 3.05) is 5.32 Å². The molecule has 1 aromatic carbocycles. The number of alkyl halides is 3. The van der Waals surface area contributed by atoms with Crippen molar-refractivity contribution in [3.05, 3.63) is 66.0 Å². The van der Waals surface area contributed by atoms with E-state index in [4.69, 9.17) is 9.72 Å².